The SMILES string of the molecule is O=C1CCCNCC1C(F)(F)F. The second-order valence-corrected chi connectivity index (χ2v) is 2.87. The van der Waals surface area contributed by atoms with Crippen molar-refractivity contribution in [1.82, 2.24) is 5.32 Å². The molecule has 0 aromatic rings. The molecule has 1 unspecified atom stereocenters. The van der Waals surface area contributed by atoms with Gasteiger partial charge in [0.2, 0.25) is 0 Å². The molecule has 1 saturated heterocycles. The van der Waals surface area contributed by atoms with Gasteiger partial charge in [-0.05, 0) is 13.0 Å². The third-order valence-electron chi connectivity index (χ3n) is 1.91. The van der Waals surface area contributed by atoms with Crippen molar-refractivity contribution in [2.75, 3.05) is 13.1 Å². The second-order valence-electron chi connectivity index (χ2n) is 2.87. The molecule has 1 aliphatic rings. The van der Waals surface area contributed by atoms with Crippen molar-refractivity contribution < 1.29 is 18.0 Å². The molecule has 1 heterocycles. The fourth-order valence-corrected chi connectivity index (χ4v) is 1.22. The van der Waals surface area contributed by atoms with Crippen LogP contribution in [0.25, 0.3) is 0 Å². The van der Waals surface area contributed by atoms with Gasteiger partial charge in [0.15, 0.2) is 0 Å². The molecule has 1 fully saturated rings. The molecule has 2 nitrogen and oxygen atoms in total. The molecular formula is C7H10F3NO. The van der Waals surface area contributed by atoms with E-state index >= 15 is 0 Å². The lowest BCUT2D eigenvalue weighted by Gasteiger charge is -2.16. The molecule has 0 spiro atoms. The zero-order valence-electron chi connectivity index (χ0n) is 6.45. The lowest BCUT2D eigenvalue weighted by Crippen LogP contribution is -2.36. The summed E-state index contributed by atoms with van der Waals surface area (Å²) in [4.78, 5) is 10.9. The van der Waals surface area contributed by atoms with Gasteiger partial charge in [-0.15, -0.1) is 0 Å². The Morgan fingerprint density at radius 1 is 1.42 bits per heavy atom. The predicted octanol–water partition coefficient (Wildman–Crippen LogP) is 1.12. The number of halogens is 3. The second kappa shape index (κ2) is 3.43. The van der Waals surface area contributed by atoms with E-state index in [2.05, 4.69) is 5.32 Å². The van der Waals surface area contributed by atoms with Crippen molar-refractivity contribution in [2.45, 2.75) is 19.0 Å². The van der Waals surface area contributed by atoms with E-state index in [0.717, 1.165) is 0 Å². The van der Waals surface area contributed by atoms with Gasteiger partial charge in [0.1, 0.15) is 11.7 Å². The average Bonchev–Trinajstić information content (AvgIpc) is 2.11. The highest BCUT2D eigenvalue weighted by Gasteiger charge is 2.44. The smallest absolute Gasteiger partial charge is 0.316 e. The number of rotatable bonds is 0. The van der Waals surface area contributed by atoms with Crippen molar-refractivity contribution in [2.24, 2.45) is 5.92 Å². The molecule has 0 aromatic heterocycles. The summed E-state index contributed by atoms with van der Waals surface area (Å²) < 4.78 is 36.3. The summed E-state index contributed by atoms with van der Waals surface area (Å²) in [7, 11) is 0. The van der Waals surface area contributed by atoms with Crippen LogP contribution in [0, 0.1) is 5.92 Å². The molecule has 0 bridgehead atoms. The Morgan fingerprint density at radius 2 is 2.08 bits per heavy atom. The Kier molecular flexibility index (Phi) is 2.72. The Balaban J connectivity index is 2.66. The molecule has 12 heavy (non-hydrogen) atoms. The molecule has 0 radical (unpaired) electrons. The number of carbonyl (C=O) groups excluding carboxylic acids is 1. The zero-order chi connectivity index (χ0) is 9.19. The monoisotopic (exact) mass is 181 g/mol. The molecular weight excluding hydrogens is 171 g/mol. The number of alkyl halides is 3. The van der Waals surface area contributed by atoms with E-state index in [0.29, 0.717) is 13.0 Å². The predicted molar refractivity (Wildman–Crippen MR) is 36.7 cm³/mol. The highest BCUT2D eigenvalue weighted by atomic mass is 19.4. The molecule has 0 aliphatic carbocycles. The molecule has 0 amide bonds. The summed E-state index contributed by atoms with van der Waals surface area (Å²) >= 11 is 0. The minimum Gasteiger partial charge on any atom is -0.316 e. The van der Waals surface area contributed by atoms with Gasteiger partial charge < -0.3 is 5.32 Å². The number of ketones is 1. The average molecular weight is 181 g/mol. The Hall–Kier alpha value is -0.580. The maximum absolute atomic E-state index is 12.1. The molecule has 0 aromatic carbocycles. The number of carbonyl (C=O) groups is 1. The largest absolute Gasteiger partial charge is 0.399 e. The first-order valence-corrected chi connectivity index (χ1v) is 3.82. The first kappa shape index (κ1) is 9.51. The van der Waals surface area contributed by atoms with Gasteiger partial charge in [-0.3, -0.25) is 4.79 Å². The highest BCUT2D eigenvalue weighted by Crippen LogP contribution is 2.28. The van der Waals surface area contributed by atoms with Gasteiger partial charge in [0.25, 0.3) is 0 Å². The van der Waals surface area contributed by atoms with Crippen LogP contribution in [0.1, 0.15) is 12.8 Å². The third kappa shape index (κ3) is 2.20. The molecule has 70 valence electrons. The van der Waals surface area contributed by atoms with Gasteiger partial charge >= 0.3 is 6.18 Å². The van der Waals surface area contributed by atoms with E-state index in [1.165, 1.54) is 0 Å². The van der Waals surface area contributed by atoms with E-state index in [-0.39, 0.29) is 13.0 Å². The van der Waals surface area contributed by atoms with Crippen LogP contribution in [0.3, 0.4) is 0 Å². The number of hydrogen-bond acceptors (Lipinski definition) is 2. The van der Waals surface area contributed by atoms with Crippen LogP contribution in [-0.2, 0) is 4.79 Å². The zero-order valence-corrected chi connectivity index (χ0v) is 6.45. The van der Waals surface area contributed by atoms with Crippen molar-refractivity contribution in [3.8, 4) is 0 Å². The lowest BCUT2D eigenvalue weighted by atomic mass is 10.0. The van der Waals surface area contributed by atoms with Crippen LogP contribution in [-0.4, -0.2) is 25.0 Å². The van der Waals surface area contributed by atoms with Gasteiger partial charge in [-0.1, -0.05) is 0 Å². The van der Waals surface area contributed by atoms with E-state index in [1.807, 2.05) is 0 Å². The third-order valence-corrected chi connectivity index (χ3v) is 1.91. The Labute approximate surface area is 68.1 Å². The molecule has 1 aliphatic heterocycles. The molecule has 1 atom stereocenters. The lowest BCUT2D eigenvalue weighted by molar-refractivity contribution is -0.179. The Bertz CT molecular complexity index is 178. The van der Waals surface area contributed by atoms with Gasteiger partial charge in [0.05, 0.1) is 0 Å². The van der Waals surface area contributed by atoms with E-state index in [9.17, 15) is 18.0 Å². The number of hydrogen-bond donors (Lipinski definition) is 1. The quantitative estimate of drug-likeness (QED) is 0.606. The highest BCUT2D eigenvalue weighted by molar-refractivity contribution is 5.82. The van der Waals surface area contributed by atoms with Gasteiger partial charge in [-0.25, -0.2) is 0 Å². The summed E-state index contributed by atoms with van der Waals surface area (Å²) in [6, 6.07) is 0. The summed E-state index contributed by atoms with van der Waals surface area (Å²) in [6.45, 7) is 0.237. The van der Waals surface area contributed by atoms with Crippen molar-refractivity contribution in [3.05, 3.63) is 0 Å². The fourth-order valence-electron chi connectivity index (χ4n) is 1.22. The van der Waals surface area contributed by atoms with Crippen molar-refractivity contribution in [3.63, 3.8) is 0 Å². The molecule has 5 heteroatoms. The van der Waals surface area contributed by atoms with Crippen LogP contribution < -0.4 is 5.32 Å². The van der Waals surface area contributed by atoms with Crippen LogP contribution >= 0.6 is 0 Å². The summed E-state index contributed by atoms with van der Waals surface area (Å²) in [6.07, 6.45) is -3.84. The normalized spacial score (nSPS) is 26.9. The van der Waals surface area contributed by atoms with Gasteiger partial charge in [0, 0.05) is 13.0 Å². The van der Waals surface area contributed by atoms with E-state index in [4.69, 9.17) is 0 Å². The van der Waals surface area contributed by atoms with Crippen molar-refractivity contribution >= 4 is 5.78 Å². The van der Waals surface area contributed by atoms with Crippen molar-refractivity contribution in [1.29, 1.82) is 0 Å². The maximum Gasteiger partial charge on any atom is 0.399 e. The minimum absolute atomic E-state index is 0.0389. The van der Waals surface area contributed by atoms with Crippen LogP contribution in [0.15, 0.2) is 0 Å². The van der Waals surface area contributed by atoms with Crippen LogP contribution in [0.2, 0.25) is 0 Å². The van der Waals surface area contributed by atoms with E-state index in [1.54, 1.807) is 0 Å². The maximum atomic E-state index is 12.1. The molecule has 1 N–H and O–H groups in total. The Morgan fingerprint density at radius 3 is 2.67 bits per heavy atom. The number of Topliss-reactive ketones (excluding diaryl/α,β-unsaturated/α-hetero) is 1. The van der Waals surface area contributed by atoms with Crippen LogP contribution in [0.4, 0.5) is 13.2 Å². The minimum atomic E-state index is -4.38. The molecule has 0 saturated carbocycles. The summed E-state index contributed by atoms with van der Waals surface area (Å²) in [5, 5.41) is 2.59. The number of nitrogens with one attached hydrogen (secondary N) is 1. The fraction of sp³-hybridized carbons (Fsp3) is 0.857. The summed E-state index contributed by atoms with van der Waals surface area (Å²) in [5.41, 5.74) is 0. The standard InChI is InChI=1S/C7H10F3NO/c8-7(9,10)5-4-11-3-1-2-6(5)12/h5,11H,1-4H2. The summed E-state index contributed by atoms with van der Waals surface area (Å²) in [5.74, 6) is -2.48. The topological polar surface area (TPSA) is 29.1 Å². The van der Waals surface area contributed by atoms with Crippen LogP contribution in [0.5, 0.6) is 0 Å². The molecule has 1 rings (SSSR count). The first-order valence-electron chi connectivity index (χ1n) is 3.82. The van der Waals surface area contributed by atoms with E-state index < -0.39 is 17.9 Å². The first-order chi connectivity index (χ1) is 5.52. The van der Waals surface area contributed by atoms with Gasteiger partial charge in [-0.2, -0.15) is 13.2 Å².